The molecular weight excluding hydrogens is 414 g/mol. The molecule has 0 bridgehead atoms. The maximum atomic E-state index is 12.5. The smallest absolute Gasteiger partial charge is 0.268 e. The van der Waals surface area contributed by atoms with Crippen LogP contribution in [0.2, 0.25) is 5.02 Å². The van der Waals surface area contributed by atoms with Gasteiger partial charge in [0.05, 0.1) is 0 Å². The molecule has 30 heavy (non-hydrogen) atoms. The third kappa shape index (κ3) is 5.56. The van der Waals surface area contributed by atoms with Crippen LogP contribution in [-0.2, 0) is 11.2 Å². The third-order valence-corrected chi connectivity index (χ3v) is 5.99. The second kappa shape index (κ2) is 9.71. The van der Waals surface area contributed by atoms with Crippen molar-refractivity contribution < 1.29 is 4.79 Å². The Kier molecular flexibility index (Phi) is 7.04. The largest absolute Gasteiger partial charge is 0.297 e. The van der Waals surface area contributed by atoms with Crippen LogP contribution >= 0.6 is 22.9 Å². The number of rotatable bonds is 6. The van der Waals surface area contributed by atoms with Gasteiger partial charge in [0.1, 0.15) is 11.6 Å². The van der Waals surface area contributed by atoms with Gasteiger partial charge in [0.2, 0.25) is 0 Å². The summed E-state index contributed by atoms with van der Waals surface area (Å²) in [6.07, 6.45) is 3.99. The molecule has 3 rings (SSSR count). The summed E-state index contributed by atoms with van der Waals surface area (Å²) in [6, 6.07) is 15.8. The van der Waals surface area contributed by atoms with Crippen LogP contribution in [0.1, 0.15) is 46.9 Å². The first kappa shape index (κ1) is 21.8. The van der Waals surface area contributed by atoms with Gasteiger partial charge in [-0.25, -0.2) is 4.98 Å². The molecule has 1 N–H and O–H groups in total. The molecule has 0 atom stereocenters. The summed E-state index contributed by atoms with van der Waals surface area (Å²) in [4.78, 5) is 17.8. The second-order valence-electron chi connectivity index (χ2n) is 7.34. The zero-order valence-electron chi connectivity index (χ0n) is 17.1. The molecular formula is C24H22ClN3OS. The van der Waals surface area contributed by atoms with Gasteiger partial charge >= 0.3 is 0 Å². The van der Waals surface area contributed by atoms with E-state index in [1.807, 2.05) is 55.5 Å². The standard InChI is InChI=1S/C24H22ClN3OS/c1-15(2)19-8-6-17(7-9-19)10-20(13-26)23(29)28-24-27-14-21(30-24)11-18-5-4-16(3)22(25)12-18/h4-10,12,14-15H,11H2,1-3H3,(H,27,28,29). The molecule has 152 valence electrons. The summed E-state index contributed by atoms with van der Waals surface area (Å²) in [5, 5.41) is 13.3. The van der Waals surface area contributed by atoms with E-state index < -0.39 is 5.91 Å². The molecule has 1 amide bonds. The third-order valence-electron chi connectivity index (χ3n) is 4.67. The number of hydrogen-bond donors (Lipinski definition) is 1. The van der Waals surface area contributed by atoms with E-state index in [4.69, 9.17) is 11.6 Å². The quantitative estimate of drug-likeness (QED) is 0.361. The van der Waals surface area contributed by atoms with E-state index in [2.05, 4.69) is 24.1 Å². The highest BCUT2D eigenvalue weighted by Crippen LogP contribution is 2.24. The van der Waals surface area contributed by atoms with Gasteiger partial charge in [-0.3, -0.25) is 10.1 Å². The van der Waals surface area contributed by atoms with Crippen molar-refractivity contribution in [3.8, 4) is 6.07 Å². The molecule has 2 aromatic carbocycles. The number of aryl methyl sites for hydroxylation is 1. The molecule has 1 heterocycles. The van der Waals surface area contributed by atoms with Gasteiger partial charge in [0.25, 0.3) is 5.91 Å². The minimum atomic E-state index is -0.468. The maximum Gasteiger partial charge on any atom is 0.268 e. The van der Waals surface area contributed by atoms with E-state index in [9.17, 15) is 10.1 Å². The van der Waals surface area contributed by atoms with Gasteiger partial charge < -0.3 is 0 Å². The minimum Gasteiger partial charge on any atom is -0.297 e. The van der Waals surface area contributed by atoms with E-state index >= 15 is 0 Å². The lowest BCUT2D eigenvalue weighted by atomic mass is 10.0. The number of nitriles is 1. The van der Waals surface area contributed by atoms with Crippen molar-refractivity contribution in [1.82, 2.24) is 4.98 Å². The number of anilines is 1. The Balaban J connectivity index is 1.68. The molecule has 0 aliphatic carbocycles. The lowest BCUT2D eigenvalue weighted by Crippen LogP contribution is -2.13. The normalized spacial score (nSPS) is 11.4. The van der Waals surface area contributed by atoms with E-state index in [-0.39, 0.29) is 5.57 Å². The van der Waals surface area contributed by atoms with Crippen molar-refractivity contribution in [2.24, 2.45) is 0 Å². The number of carbonyl (C=O) groups excluding carboxylic acids is 1. The summed E-state index contributed by atoms with van der Waals surface area (Å²) >= 11 is 7.57. The molecule has 0 aliphatic rings. The van der Waals surface area contributed by atoms with Crippen molar-refractivity contribution in [3.63, 3.8) is 0 Å². The van der Waals surface area contributed by atoms with Gasteiger partial charge in [0.15, 0.2) is 5.13 Å². The average Bonchev–Trinajstić information content (AvgIpc) is 3.15. The van der Waals surface area contributed by atoms with Gasteiger partial charge in [-0.05, 0) is 47.2 Å². The number of benzene rings is 2. The van der Waals surface area contributed by atoms with E-state index in [0.717, 1.165) is 26.6 Å². The van der Waals surface area contributed by atoms with Crippen LogP contribution in [0.15, 0.2) is 54.2 Å². The fourth-order valence-electron chi connectivity index (χ4n) is 2.85. The SMILES string of the molecule is Cc1ccc(Cc2cnc(NC(=O)C(C#N)=Cc3ccc(C(C)C)cc3)s2)cc1Cl. The number of nitrogens with one attached hydrogen (secondary N) is 1. The second-order valence-corrected chi connectivity index (χ2v) is 8.86. The molecule has 3 aromatic rings. The lowest BCUT2D eigenvalue weighted by Gasteiger charge is -2.05. The number of carbonyl (C=O) groups is 1. The molecule has 0 fully saturated rings. The van der Waals surface area contributed by atoms with Crippen LogP contribution in [0.4, 0.5) is 5.13 Å². The zero-order chi connectivity index (χ0) is 21.7. The number of hydrogen-bond acceptors (Lipinski definition) is 4. The summed E-state index contributed by atoms with van der Waals surface area (Å²) < 4.78 is 0. The van der Waals surface area contributed by atoms with E-state index in [0.29, 0.717) is 17.5 Å². The number of halogens is 1. The molecule has 0 spiro atoms. The highest BCUT2D eigenvalue weighted by molar-refractivity contribution is 7.15. The van der Waals surface area contributed by atoms with Crippen LogP contribution < -0.4 is 5.32 Å². The van der Waals surface area contributed by atoms with Gasteiger partial charge in [-0.15, -0.1) is 11.3 Å². The average molecular weight is 436 g/mol. The Bertz CT molecular complexity index is 1120. The number of aromatic nitrogens is 1. The molecule has 1 aromatic heterocycles. The Labute approximate surface area is 185 Å². The molecule has 4 nitrogen and oxygen atoms in total. The van der Waals surface area contributed by atoms with Crippen LogP contribution in [0, 0.1) is 18.3 Å². The summed E-state index contributed by atoms with van der Waals surface area (Å²) in [7, 11) is 0. The molecule has 6 heteroatoms. The predicted molar refractivity (Wildman–Crippen MR) is 124 cm³/mol. The first-order valence-electron chi connectivity index (χ1n) is 9.58. The number of nitrogens with zero attached hydrogens (tertiary/aromatic N) is 2. The summed E-state index contributed by atoms with van der Waals surface area (Å²) in [6.45, 7) is 6.20. The van der Waals surface area contributed by atoms with Gasteiger partial charge in [-0.2, -0.15) is 5.26 Å². The Morgan fingerprint density at radius 3 is 2.63 bits per heavy atom. The van der Waals surface area contributed by atoms with Crippen molar-refractivity contribution in [2.75, 3.05) is 5.32 Å². The van der Waals surface area contributed by atoms with Gasteiger partial charge in [0, 0.05) is 22.5 Å². The zero-order valence-corrected chi connectivity index (χ0v) is 18.6. The van der Waals surface area contributed by atoms with E-state index in [1.54, 1.807) is 12.3 Å². The van der Waals surface area contributed by atoms with Crippen LogP contribution in [0.25, 0.3) is 6.08 Å². The summed E-state index contributed by atoms with van der Waals surface area (Å²) in [5.41, 5.74) is 4.17. The molecule has 0 saturated carbocycles. The monoisotopic (exact) mass is 435 g/mol. The van der Waals surface area contributed by atoms with Crippen molar-refractivity contribution >= 4 is 40.1 Å². The fourth-order valence-corrected chi connectivity index (χ4v) is 3.90. The minimum absolute atomic E-state index is 0.0364. The Morgan fingerprint density at radius 1 is 1.27 bits per heavy atom. The van der Waals surface area contributed by atoms with E-state index in [1.165, 1.54) is 16.9 Å². The first-order valence-corrected chi connectivity index (χ1v) is 10.8. The maximum absolute atomic E-state index is 12.5. The van der Waals surface area contributed by atoms with Crippen LogP contribution in [0.5, 0.6) is 0 Å². The van der Waals surface area contributed by atoms with Crippen LogP contribution in [0.3, 0.4) is 0 Å². The molecule has 0 saturated heterocycles. The lowest BCUT2D eigenvalue weighted by molar-refractivity contribution is -0.112. The highest BCUT2D eigenvalue weighted by atomic mass is 35.5. The Hall–Kier alpha value is -2.94. The van der Waals surface area contributed by atoms with Crippen molar-refractivity contribution in [2.45, 2.75) is 33.1 Å². The topological polar surface area (TPSA) is 65.8 Å². The van der Waals surface area contributed by atoms with Crippen molar-refractivity contribution in [1.29, 1.82) is 5.26 Å². The first-order chi connectivity index (χ1) is 14.4. The number of thiazole rings is 1. The Morgan fingerprint density at radius 2 is 2.00 bits per heavy atom. The fraction of sp³-hybridized carbons (Fsp3) is 0.208. The molecule has 0 radical (unpaired) electrons. The van der Waals surface area contributed by atoms with Gasteiger partial charge in [-0.1, -0.05) is 61.8 Å². The summed E-state index contributed by atoms with van der Waals surface area (Å²) in [5.74, 6) is -0.0403. The molecule has 0 aliphatic heterocycles. The molecule has 0 unspecified atom stereocenters. The predicted octanol–water partition coefficient (Wildman–Crippen LogP) is 6.36. The van der Waals surface area contributed by atoms with Crippen LogP contribution in [-0.4, -0.2) is 10.9 Å². The number of amides is 1. The highest BCUT2D eigenvalue weighted by Gasteiger charge is 2.13. The van der Waals surface area contributed by atoms with Crippen molar-refractivity contribution in [3.05, 3.63) is 86.4 Å².